The van der Waals surface area contributed by atoms with Crippen LogP contribution in [0.2, 0.25) is 0 Å². The summed E-state index contributed by atoms with van der Waals surface area (Å²) in [4.78, 5) is 2.51. The van der Waals surface area contributed by atoms with Crippen molar-refractivity contribution in [2.24, 2.45) is 11.7 Å². The van der Waals surface area contributed by atoms with Crippen LogP contribution >= 0.6 is 0 Å². The lowest BCUT2D eigenvalue weighted by molar-refractivity contribution is 0.339. The van der Waals surface area contributed by atoms with Crippen LogP contribution in [0.5, 0.6) is 0 Å². The lowest BCUT2D eigenvalue weighted by Gasteiger charge is -2.29. The maximum Gasteiger partial charge on any atom is 0.0367 e. The number of nitrogens with one attached hydrogen (secondary N) is 1. The molecule has 1 aliphatic carbocycles. The van der Waals surface area contributed by atoms with Gasteiger partial charge in [-0.25, -0.2) is 0 Å². The molecule has 1 aliphatic heterocycles. The maximum absolute atomic E-state index is 5.97. The zero-order chi connectivity index (χ0) is 14.5. The Morgan fingerprint density at radius 2 is 1.62 bits per heavy atom. The zero-order valence-corrected chi connectivity index (χ0v) is 13.1. The molecule has 0 bridgehead atoms. The van der Waals surface area contributed by atoms with Gasteiger partial charge in [-0.05, 0) is 75.1 Å². The number of piperidine rings is 1. The highest BCUT2D eigenvalue weighted by molar-refractivity contribution is 5.55. The molecule has 0 aromatic heterocycles. The lowest BCUT2D eigenvalue weighted by atomic mass is 9.86. The number of benzene rings is 1. The minimum absolute atomic E-state index is 0.449. The van der Waals surface area contributed by atoms with Gasteiger partial charge < -0.3 is 16.0 Å². The summed E-state index contributed by atoms with van der Waals surface area (Å²) >= 11 is 0. The van der Waals surface area contributed by atoms with Crippen LogP contribution in [0.1, 0.15) is 44.9 Å². The SMILES string of the molecule is NC1CCC(CNc2ccc(N3CCCCC3)cc2)CC1. The Balaban J connectivity index is 1.48. The molecule has 3 N–H and O–H groups in total. The number of hydrogen-bond donors (Lipinski definition) is 2. The number of nitrogens with two attached hydrogens (primary N) is 1. The molecule has 1 saturated carbocycles. The van der Waals surface area contributed by atoms with Crippen LogP contribution in [0.25, 0.3) is 0 Å². The van der Waals surface area contributed by atoms with E-state index in [4.69, 9.17) is 5.73 Å². The molecular formula is C18H29N3. The second kappa shape index (κ2) is 7.17. The van der Waals surface area contributed by atoms with E-state index in [1.807, 2.05) is 0 Å². The van der Waals surface area contributed by atoms with Gasteiger partial charge in [0.15, 0.2) is 0 Å². The Kier molecular flexibility index (Phi) is 5.02. The van der Waals surface area contributed by atoms with Gasteiger partial charge in [0.05, 0.1) is 0 Å². The van der Waals surface area contributed by atoms with Crippen LogP contribution in [0.3, 0.4) is 0 Å². The fourth-order valence-corrected chi connectivity index (χ4v) is 3.60. The van der Waals surface area contributed by atoms with E-state index >= 15 is 0 Å². The molecule has 3 heteroatoms. The Bertz CT molecular complexity index is 415. The summed E-state index contributed by atoms with van der Waals surface area (Å²) in [6.07, 6.45) is 9.01. The standard InChI is InChI=1S/C18H29N3/c19-16-6-4-15(5-7-16)14-20-17-8-10-18(11-9-17)21-12-2-1-3-13-21/h8-11,15-16,20H,1-7,12-14,19H2. The van der Waals surface area contributed by atoms with Gasteiger partial charge in [0.1, 0.15) is 0 Å². The van der Waals surface area contributed by atoms with E-state index in [9.17, 15) is 0 Å². The summed E-state index contributed by atoms with van der Waals surface area (Å²) in [5.74, 6) is 0.798. The first-order chi connectivity index (χ1) is 10.3. The molecule has 0 amide bonds. The van der Waals surface area contributed by atoms with E-state index in [1.54, 1.807) is 0 Å². The molecule has 2 fully saturated rings. The maximum atomic E-state index is 5.97. The largest absolute Gasteiger partial charge is 0.385 e. The van der Waals surface area contributed by atoms with E-state index in [2.05, 4.69) is 34.5 Å². The van der Waals surface area contributed by atoms with E-state index in [1.165, 1.54) is 69.4 Å². The molecule has 1 saturated heterocycles. The van der Waals surface area contributed by atoms with Gasteiger partial charge >= 0.3 is 0 Å². The highest BCUT2D eigenvalue weighted by atomic mass is 15.1. The molecule has 0 spiro atoms. The zero-order valence-electron chi connectivity index (χ0n) is 13.1. The first-order valence-corrected chi connectivity index (χ1v) is 8.66. The number of hydrogen-bond acceptors (Lipinski definition) is 3. The Labute approximate surface area is 128 Å². The van der Waals surface area contributed by atoms with Crippen molar-refractivity contribution in [1.82, 2.24) is 0 Å². The predicted octanol–water partition coefficient (Wildman–Crippen LogP) is 3.61. The third-order valence-electron chi connectivity index (χ3n) is 5.07. The second-order valence-electron chi connectivity index (χ2n) is 6.76. The van der Waals surface area contributed by atoms with Crippen LogP contribution in [-0.2, 0) is 0 Å². The van der Waals surface area contributed by atoms with Crippen LogP contribution in [0, 0.1) is 5.92 Å². The Morgan fingerprint density at radius 3 is 2.29 bits per heavy atom. The molecule has 0 radical (unpaired) electrons. The minimum Gasteiger partial charge on any atom is -0.385 e. The summed E-state index contributed by atoms with van der Waals surface area (Å²) in [6, 6.07) is 9.45. The third-order valence-corrected chi connectivity index (χ3v) is 5.07. The van der Waals surface area contributed by atoms with Gasteiger partial charge in [-0.3, -0.25) is 0 Å². The molecule has 1 heterocycles. The fourth-order valence-electron chi connectivity index (χ4n) is 3.60. The van der Waals surface area contributed by atoms with Gasteiger partial charge in [-0.2, -0.15) is 0 Å². The Hall–Kier alpha value is -1.22. The van der Waals surface area contributed by atoms with Gasteiger partial charge in [0.25, 0.3) is 0 Å². The number of nitrogens with zero attached hydrogens (tertiary/aromatic N) is 1. The van der Waals surface area contributed by atoms with Crippen LogP contribution in [0.15, 0.2) is 24.3 Å². The summed E-state index contributed by atoms with van der Waals surface area (Å²) in [6.45, 7) is 3.53. The normalized spacial score (nSPS) is 26.6. The van der Waals surface area contributed by atoms with Crippen LogP contribution in [-0.4, -0.2) is 25.7 Å². The van der Waals surface area contributed by atoms with E-state index in [0.717, 1.165) is 12.5 Å². The smallest absolute Gasteiger partial charge is 0.0367 e. The molecule has 1 aromatic carbocycles. The lowest BCUT2D eigenvalue weighted by Crippen LogP contribution is -2.29. The monoisotopic (exact) mass is 287 g/mol. The molecule has 3 nitrogen and oxygen atoms in total. The van der Waals surface area contributed by atoms with Crippen molar-refractivity contribution < 1.29 is 0 Å². The van der Waals surface area contributed by atoms with Crippen molar-refractivity contribution in [3.63, 3.8) is 0 Å². The Morgan fingerprint density at radius 1 is 0.952 bits per heavy atom. The first-order valence-electron chi connectivity index (χ1n) is 8.66. The molecule has 2 aliphatic rings. The van der Waals surface area contributed by atoms with E-state index in [-0.39, 0.29) is 0 Å². The van der Waals surface area contributed by atoms with Crippen molar-refractivity contribution in [2.45, 2.75) is 51.0 Å². The van der Waals surface area contributed by atoms with Gasteiger partial charge in [0.2, 0.25) is 0 Å². The van der Waals surface area contributed by atoms with Gasteiger partial charge in [-0.15, -0.1) is 0 Å². The summed E-state index contributed by atoms with van der Waals surface area (Å²) < 4.78 is 0. The van der Waals surface area contributed by atoms with Gasteiger partial charge in [0, 0.05) is 37.1 Å². The molecule has 0 atom stereocenters. The fraction of sp³-hybridized carbons (Fsp3) is 0.667. The van der Waals surface area contributed by atoms with E-state index in [0.29, 0.717) is 6.04 Å². The molecule has 3 rings (SSSR count). The topological polar surface area (TPSA) is 41.3 Å². The first kappa shape index (κ1) is 14.7. The molecular weight excluding hydrogens is 258 g/mol. The van der Waals surface area contributed by atoms with Crippen molar-refractivity contribution in [3.8, 4) is 0 Å². The average molecular weight is 287 g/mol. The molecule has 0 unspecified atom stereocenters. The van der Waals surface area contributed by atoms with Crippen molar-refractivity contribution in [2.75, 3.05) is 29.9 Å². The predicted molar refractivity (Wildman–Crippen MR) is 90.9 cm³/mol. The van der Waals surface area contributed by atoms with Crippen molar-refractivity contribution in [3.05, 3.63) is 24.3 Å². The highest BCUT2D eigenvalue weighted by Crippen LogP contribution is 2.25. The highest BCUT2D eigenvalue weighted by Gasteiger charge is 2.18. The summed E-state index contributed by atoms with van der Waals surface area (Å²) in [7, 11) is 0. The summed E-state index contributed by atoms with van der Waals surface area (Å²) in [5, 5.41) is 3.60. The van der Waals surface area contributed by atoms with E-state index < -0.39 is 0 Å². The summed E-state index contributed by atoms with van der Waals surface area (Å²) in [5.41, 5.74) is 8.60. The van der Waals surface area contributed by atoms with Crippen LogP contribution in [0.4, 0.5) is 11.4 Å². The molecule has 116 valence electrons. The molecule has 21 heavy (non-hydrogen) atoms. The van der Waals surface area contributed by atoms with Crippen LogP contribution < -0.4 is 16.0 Å². The number of anilines is 2. The van der Waals surface area contributed by atoms with Crippen molar-refractivity contribution in [1.29, 1.82) is 0 Å². The van der Waals surface area contributed by atoms with Gasteiger partial charge in [-0.1, -0.05) is 0 Å². The minimum atomic E-state index is 0.449. The second-order valence-corrected chi connectivity index (χ2v) is 6.76. The van der Waals surface area contributed by atoms with Crippen molar-refractivity contribution >= 4 is 11.4 Å². The molecule has 1 aromatic rings. The quantitative estimate of drug-likeness (QED) is 0.889. The third kappa shape index (κ3) is 4.13. The average Bonchev–Trinajstić information content (AvgIpc) is 2.56. The number of rotatable bonds is 4.